The molecule has 0 bridgehead atoms. The predicted octanol–water partition coefficient (Wildman–Crippen LogP) is 19.6. The highest BCUT2D eigenvalue weighted by molar-refractivity contribution is 5.71. The summed E-state index contributed by atoms with van der Waals surface area (Å²) in [5, 5.41) is 0. The van der Waals surface area contributed by atoms with E-state index in [9.17, 15) is 14.4 Å². The summed E-state index contributed by atoms with van der Waals surface area (Å²) in [6.45, 7) is 6.52. The second-order valence-electron chi connectivity index (χ2n) is 19.5. The Kier molecular flexibility index (Phi) is 54.3. The lowest BCUT2D eigenvalue weighted by Crippen LogP contribution is -2.30. The summed E-state index contributed by atoms with van der Waals surface area (Å²) in [5.41, 5.74) is 0. The summed E-state index contributed by atoms with van der Waals surface area (Å²) in [5.74, 6) is -0.882. The molecule has 68 heavy (non-hydrogen) atoms. The van der Waals surface area contributed by atoms with Crippen molar-refractivity contribution >= 4 is 17.9 Å². The van der Waals surface area contributed by atoms with Crippen LogP contribution in [0.15, 0.2) is 60.8 Å². The number of ether oxygens (including phenoxy) is 3. The second-order valence-corrected chi connectivity index (χ2v) is 19.5. The summed E-state index contributed by atoms with van der Waals surface area (Å²) in [4.78, 5) is 38.2. The van der Waals surface area contributed by atoms with E-state index in [4.69, 9.17) is 14.2 Å². The first-order valence-electron chi connectivity index (χ1n) is 29.3. The maximum Gasteiger partial charge on any atom is 0.306 e. The first-order valence-corrected chi connectivity index (χ1v) is 29.3. The highest BCUT2D eigenvalue weighted by Crippen LogP contribution is 2.16. The Bertz CT molecular complexity index is 1230. The van der Waals surface area contributed by atoms with Gasteiger partial charge in [-0.2, -0.15) is 0 Å². The average Bonchev–Trinajstić information content (AvgIpc) is 3.34. The Balaban J connectivity index is 4.39. The monoisotopic (exact) mass is 951 g/mol. The van der Waals surface area contributed by atoms with Crippen molar-refractivity contribution in [3.8, 4) is 0 Å². The van der Waals surface area contributed by atoms with Gasteiger partial charge in [-0.1, -0.05) is 255 Å². The standard InChI is InChI=1S/C62H110O6/c1-4-7-10-13-16-19-22-25-28-31-34-37-40-43-46-49-52-55-61(64)67-58-59(57-66-60(63)54-51-48-45-42-39-36-33-30-27-24-21-18-15-12-9-6-3)68-62(65)56-53-50-47-44-41-38-35-32-29-26-23-20-17-14-11-8-5-2/h7,10,16-17,19-20,25-26,28-29,59H,4-6,8-9,11-15,18,21-24,27,30-58H2,1-3H3/b10-7-,19-16-,20-17-,28-25-,29-26-. The lowest BCUT2D eigenvalue weighted by molar-refractivity contribution is -0.167. The maximum atomic E-state index is 12.9. The minimum absolute atomic E-state index is 0.0779. The van der Waals surface area contributed by atoms with Gasteiger partial charge in [-0.15, -0.1) is 0 Å². The van der Waals surface area contributed by atoms with E-state index in [0.717, 1.165) is 96.3 Å². The number of unbranched alkanes of at least 4 members (excludes halogenated alkanes) is 32. The molecule has 0 rings (SSSR count). The van der Waals surface area contributed by atoms with Gasteiger partial charge in [0.15, 0.2) is 6.10 Å². The minimum Gasteiger partial charge on any atom is -0.462 e. The average molecular weight is 952 g/mol. The molecule has 1 atom stereocenters. The summed E-state index contributed by atoms with van der Waals surface area (Å²) >= 11 is 0. The zero-order valence-electron chi connectivity index (χ0n) is 45.1. The smallest absolute Gasteiger partial charge is 0.306 e. The van der Waals surface area contributed by atoms with Crippen LogP contribution in [0.2, 0.25) is 0 Å². The molecule has 394 valence electrons. The van der Waals surface area contributed by atoms with E-state index in [-0.39, 0.29) is 31.1 Å². The van der Waals surface area contributed by atoms with E-state index in [1.54, 1.807) is 0 Å². The third-order valence-corrected chi connectivity index (χ3v) is 12.8. The van der Waals surface area contributed by atoms with E-state index in [2.05, 4.69) is 81.5 Å². The van der Waals surface area contributed by atoms with Crippen LogP contribution in [0.25, 0.3) is 0 Å². The maximum absolute atomic E-state index is 12.9. The van der Waals surface area contributed by atoms with Gasteiger partial charge in [0.25, 0.3) is 0 Å². The lowest BCUT2D eigenvalue weighted by atomic mass is 10.0. The van der Waals surface area contributed by atoms with Crippen LogP contribution in [-0.2, 0) is 28.6 Å². The molecule has 0 saturated heterocycles. The number of hydrogen-bond acceptors (Lipinski definition) is 6. The van der Waals surface area contributed by atoms with Crippen LogP contribution in [0.1, 0.15) is 297 Å². The summed E-state index contributed by atoms with van der Waals surface area (Å²) in [7, 11) is 0. The molecule has 0 aromatic rings. The zero-order chi connectivity index (χ0) is 49.3. The molecule has 0 saturated carbocycles. The highest BCUT2D eigenvalue weighted by atomic mass is 16.6. The minimum atomic E-state index is -0.781. The van der Waals surface area contributed by atoms with Crippen LogP contribution in [0.5, 0.6) is 0 Å². The Hall–Kier alpha value is -2.89. The molecule has 0 spiro atoms. The normalized spacial score (nSPS) is 12.5. The van der Waals surface area contributed by atoms with E-state index in [1.165, 1.54) is 161 Å². The number of rotatable bonds is 53. The predicted molar refractivity (Wildman–Crippen MR) is 293 cm³/mol. The third-order valence-electron chi connectivity index (χ3n) is 12.8. The molecular formula is C62H110O6. The zero-order valence-corrected chi connectivity index (χ0v) is 45.1. The first-order chi connectivity index (χ1) is 33.5. The van der Waals surface area contributed by atoms with Gasteiger partial charge in [0.2, 0.25) is 0 Å². The molecular weight excluding hydrogens is 841 g/mol. The van der Waals surface area contributed by atoms with Crippen LogP contribution in [0.3, 0.4) is 0 Å². The van der Waals surface area contributed by atoms with Crippen molar-refractivity contribution in [2.45, 2.75) is 303 Å². The Morgan fingerprint density at radius 3 is 0.926 bits per heavy atom. The molecule has 0 aliphatic heterocycles. The molecule has 1 unspecified atom stereocenters. The Labute approximate surface area is 421 Å². The van der Waals surface area contributed by atoms with E-state index in [1.807, 2.05) is 0 Å². The Morgan fingerprint density at radius 2 is 0.574 bits per heavy atom. The van der Waals surface area contributed by atoms with Crippen LogP contribution >= 0.6 is 0 Å². The van der Waals surface area contributed by atoms with Crippen molar-refractivity contribution in [2.75, 3.05) is 13.2 Å². The van der Waals surface area contributed by atoms with Crippen LogP contribution in [0, 0.1) is 0 Å². The van der Waals surface area contributed by atoms with Gasteiger partial charge >= 0.3 is 17.9 Å². The van der Waals surface area contributed by atoms with Crippen molar-refractivity contribution in [3.63, 3.8) is 0 Å². The van der Waals surface area contributed by atoms with Gasteiger partial charge < -0.3 is 14.2 Å². The van der Waals surface area contributed by atoms with E-state index >= 15 is 0 Å². The summed E-state index contributed by atoms with van der Waals surface area (Å²) in [6.07, 6.45) is 70.6. The lowest BCUT2D eigenvalue weighted by Gasteiger charge is -2.18. The molecule has 0 fully saturated rings. The van der Waals surface area contributed by atoms with Crippen molar-refractivity contribution in [1.29, 1.82) is 0 Å². The van der Waals surface area contributed by atoms with Gasteiger partial charge in [-0.3, -0.25) is 14.4 Å². The van der Waals surface area contributed by atoms with Gasteiger partial charge in [0.05, 0.1) is 0 Å². The van der Waals surface area contributed by atoms with Crippen LogP contribution in [0.4, 0.5) is 0 Å². The molecule has 0 N–H and O–H groups in total. The molecule has 0 aliphatic rings. The summed E-state index contributed by atoms with van der Waals surface area (Å²) in [6, 6.07) is 0. The third kappa shape index (κ3) is 54.1. The van der Waals surface area contributed by atoms with Crippen molar-refractivity contribution in [1.82, 2.24) is 0 Å². The SMILES string of the molecule is CC/C=C\C/C=C\C/C=C\CCCCCCCCCC(=O)OCC(COC(=O)CCCCCCCCCCCCCCCCCC)OC(=O)CCCCCCCCC/C=C\C/C=C\CCCCC. The van der Waals surface area contributed by atoms with Crippen LogP contribution in [-0.4, -0.2) is 37.2 Å². The fourth-order valence-electron chi connectivity index (χ4n) is 8.37. The van der Waals surface area contributed by atoms with Crippen molar-refractivity contribution < 1.29 is 28.6 Å². The number of allylic oxidation sites excluding steroid dienone is 10. The number of carbonyl (C=O) groups is 3. The van der Waals surface area contributed by atoms with Gasteiger partial charge in [0.1, 0.15) is 13.2 Å². The fourth-order valence-corrected chi connectivity index (χ4v) is 8.37. The van der Waals surface area contributed by atoms with Crippen molar-refractivity contribution in [3.05, 3.63) is 60.8 Å². The number of esters is 3. The Morgan fingerprint density at radius 1 is 0.309 bits per heavy atom. The quantitative estimate of drug-likeness (QED) is 0.0262. The molecule has 0 aromatic carbocycles. The van der Waals surface area contributed by atoms with Gasteiger partial charge in [0, 0.05) is 19.3 Å². The van der Waals surface area contributed by atoms with Gasteiger partial charge in [-0.05, 0) is 83.5 Å². The molecule has 6 heteroatoms. The topological polar surface area (TPSA) is 78.9 Å². The number of hydrogen-bond donors (Lipinski definition) is 0. The second kappa shape index (κ2) is 56.7. The summed E-state index contributed by atoms with van der Waals surface area (Å²) < 4.78 is 16.9. The number of carbonyl (C=O) groups excluding carboxylic acids is 3. The first kappa shape index (κ1) is 65.1. The van der Waals surface area contributed by atoms with Crippen molar-refractivity contribution in [2.24, 2.45) is 0 Å². The molecule has 0 radical (unpaired) electrons. The molecule has 0 amide bonds. The highest BCUT2D eigenvalue weighted by Gasteiger charge is 2.19. The van der Waals surface area contributed by atoms with E-state index < -0.39 is 6.10 Å². The largest absolute Gasteiger partial charge is 0.462 e. The molecule has 0 heterocycles. The molecule has 6 nitrogen and oxygen atoms in total. The van der Waals surface area contributed by atoms with Crippen LogP contribution < -0.4 is 0 Å². The fraction of sp³-hybridized carbons (Fsp3) is 0.790. The van der Waals surface area contributed by atoms with E-state index in [0.29, 0.717) is 19.3 Å². The van der Waals surface area contributed by atoms with Gasteiger partial charge in [-0.25, -0.2) is 0 Å². The molecule has 0 aromatic heterocycles. The molecule has 0 aliphatic carbocycles.